The van der Waals surface area contributed by atoms with Gasteiger partial charge in [0.2, 0.25) is 11.9 Å². The number of carbonyl (C=O) groups excluding carboxylic acids is 1. The van der Waals surface area contributed by atoms with Crippen LogP contribution in [0.3, 0.4) is 0 Å². The van der Waals surface area contributed by atoms with Crippen LogP contribution in [-0.4, -0.2) is 15.9 Å². The van der Waals surface area contributed by atoms with E-state index in [9.17, 15) is 4.79 Å². The summed E-state index contributed by atoms with van der Waals surface area (Å²) < 4.78 is 0. The lowest BCUT2D eigenvalue weighted by Gasteiger charge is -2.10. The highest BCUT2D eigenvalue weighted by molar-refractivity contribution is 9.08. The number of carbonyl (C=O) groups is 1. The summed E-state index contributed by atoms with van der Waals surface area (Å²) >= 11 is 3.34. The van der Waals surface area contributed by atoms with Gasteiger partial charge in [0.1, 0.15) is 5.82 Å². The first-order valence-corrected chi connectivity index (χ1v) is 6.53. The van der Waals surface area contributed by atoms with Crippen LogP contribution >= 0.6 is 15.9 Å². The zero-order valence-corrected chi connectivity index (χ0v) is 11.5. The Balaban J connectivity index is 2.55. The molecule has 0 fully saturated rings. The molecule has 0 aliphatic heterocycles. The van der Waals surface area contributed by atoms with Crippen molar-refractivity contribution in [3.8, 4) is 11.1 Å². The van der Waals surface area contributed by atoms with Gasteiger partial charge in [0.05, 0.1) is 5.69 Å². The summed E-state index contributed by atoms with van der Waals surface area (Å²) in [6.45, 7) is 0. The molecule has 0 aliphatic carbocycles. The molecule has 0 bridgehead atoms. The molecule has 2 aromatic rings. The fourth-order valence-corrected chi connectivity index (χ4v) is 2.16. The number of halogens is 1. The van der Waals surface area contributed by atoms with E-state index in [2.05, 4.69) is 25.9 Å². The number of nitrogen functional groups attached to an aromatic ring is 2. The summed E-state index contributed by atoms with van der Waals surface area (Å²) in [5, 5.41) is 0.497. The van der Waals surface area contributed by atoms with Gasteiger partial charge in [-0.1, -0.05) is 28.1 Å². The van der Waals surface area contributed by atoms with E-state index in [4.69, 9.17) is 17.2 Å². The van der Waals surface area contributed by atoms with Gasteiger partial charge in [-0.3, -0.25) is 4.79 Å². The summed E-state index contributed by atoms with van der Waals surface area (Å²) in [5.41, 5.74) is 19.3. The van der Waals surface area contributed by atoms with Crippen LogP contribution < -0.4 is 17.2 Å². The van der Waals surface area contributed by atoms with Crippen molar-refractivity contribution in [3.63, 3.8) is 0 Å². The van der Waals surface area contributed by atoms with Crippen LogP contribution in [-0.2, 0) is 5.33 Å². The molecular weight excluding hydrogens is 310 g/mol. The number of benzene rings is 1. The van der Waals surface area contributed by atoms with Gasteiger partial charge in [0, 0.05) is 16.5 Å². The van der Waals surface area contributed by atoms with Gasteiger partial charge in [0.25, 0.3) is 0 Å². The van der Waals surface area contributed by atoms with Gasteiger partial charge in [-0.25, -0.2) is 4.98 Å². The second kappa shape index (κ2) is 5.23. The number of nitrogens with two attached hydrogens (primary N) is 3. The van der Waals surface area contributed by atoms with E-state index in [1.807, 2.05) is 0 Å². The van der Waals surface area contributed by atoms with Gasteiger partial charge >= 0.3 is 0 Å². The van der Waals surface area contributed by atoms with E-state index in [0.717, 1.165) is 5.56 Å². The molecule has 1 aromatic carbocycles. The molecule has 0 unspecified atom stereocenters. The van der Waals surface area contributed by atoms with Crippen molar-refractivity contribution in [3.05, 3.63) is 35.5 Å². The molecule has 6 nitrogen and oxygen atoms in total. The van der Waals surface area contributed by atoms with Crippen molar-refractivity contribution in [2.75, 3.05) is 11.5 Å². The van der Waals surface area contributed by atoms with Crippen molar-refractivity contribution in [2.24, 2.45) is 5.73 Å². The lowest BCUT2D eigenvalue weighted by molar-refractivity contribution is 0.100. The number of amides is 1. The number of alkyl halides is 1. The third-order valence-electron chi connectivity index (χ3n) is 2.61. The number of hydrogen-bond acceptors (Lipinski definition) is 5. The first-order chi connectivity index (χ1) is 9.02. The molecule has 2 rings (SSSR count). The maximum atomic E-state index is 11.0. The average Bonchev–Trinajstić information content (AvgIpc) is 2.38. The van der Waals surface area contributed by atoms with Crippen molar-refractivity contribution < 1.29 is 4.79 Å². The highest BCUT2D eigenvalue weighted by atomic mass is 79.9. The smallest absolute Gasteiger partial charge is 0.248 e. The molecule has 6 N–H and O–H groups in total. The van der Waals surface area contributed by atoms with Crippen LogP contribution in [0, 0.1) is 0 Å². The lowest BCUT2D eigenvalue weighted by atomic mass is 10.0. The Morgan fingerprint density at radius 1 is 1.16 bits per heavy atom. The van der Waals surface area contributed by atoms with E-state index in [-0.39, 0.29) is 5.95 Å². The number of nitrogens with zero attached hydrogens (tertiary/aromatic N) is 2. The predicted octanol–water partition coefficient (Wildman–Crippen LogP) is 1.30. The van der Waals surface area contributed by atoms with Crippen molar-refractivity contribution in [1.82, 2.24) is 9.97 Å². The second-order valence-corrected chi connectivity index (χ2v) is 4.42. The minimum Gasteiger partial charge on any atom is -0.383 e. The molecular formula is C12H12BrN5O. The zero-order valence-electron chi connectivity index (χ0n) is 9.93. The predicted molar refractivity (Wildman–Crippen MR) is 77.4 cm³/mol. The number of anilines is 2. The first-order valence-electron chi connectivity index (χ1n) is 5.41. The van der Waals surface area contributed by atoms with Crippen molar-refractivity contribution in [2.45, 2.75) is 5.33 Å². The molecule has 0 radical (unpaired) electrons. The topological polar surface area (TPSA) is 121 Å². The Bertz CT molecular complexity index is 627. The molecule has 0 atom stereocenters. The van der Waals surface area contributed by atoms with Crippen LogP contribution in [0.4, 0.5) is 11.8 Å². The first kappa shape index (κ1) is 13.3. The van der Waals surface area contributed by atoms with Crippen LogP contribution in [0.2, 0.25) is 0 Å². The Labute approximate surface area is 118 Å². The van der Waals surface area contributed by atoms with E-state index >= 15 is 0 Å². The van der Waals surface area contributed by atoms with Crippen LogP contribution in [0.15, 0.2) is 24.3 Å². The summed E-state index contributed by atoms with van der Waals surface area (Å²) in [6, 6.07) is 6.76. The molecule has 98 valence electrons. The van der Waals surface area contributed by atoms with Crippen molar-refractivity contribution in [1.29, 1.82) is 0 Å². The molecule has 1 heterocycles. The molecule has 0 saturated heterocycles. The third-order valence-corrected chi connectivity index (χ3v) is 3.15. The third kappa shape index (κ3) is 2.65. The average molecular weight is 322 g/mol. The normalized spacial score (nSPS) is 10.4. The van der Waals surface area contributed by atoms with Crippen LogP contribution in [0.5, 0.6) is 0 Å². The molecule has 0 saturated carbocycles. The fraction of sp³-hybridized carbons (Fsp3) is 0.0833. The maximum absolute atomic E-state index is 11.0. The Hall–Kier alpha value is -2.15. The van der Waals surface area contributed by atoms with Crippen molar-refractivity contribution >= 4 is 33.6 Å². The number of primary amides is 1. The fourth-order valence-electron chi connectivity index (χ4n) is 1.76. The van der Waals surface area contributed by atoms with Crippen LogP contribution in [0.1, 0.15) is 16.1 Å². The summed E-state index contributed by atoms with van der Waals surface area (Å²) in [7, 11) is 0. The Kier molecular flexibility index (Phi) is 3.66. The largest absolute Gasteiger partial charge is 0.383 e. The van der Waals surface area contributed by atoms with Gasteiger partial charge in [-0.2, -0.15) is 4.98 Å². The maximum Gasteiger partial charge on any atom is 0.248 e. The molecule has 1 amide bonds. The molecule has 1 aromatic heterocycles. The quantitative estimate of drug-likeness (QED) is 0.736. The monoisotopic (exact) mass is 321 g/mol. The zero-order chi connectivity index (χ0) is 14.0. The van der Waals surface area contributed by atoms with Gasteiger partial charge in [0.15, 0.2) is 0 Å². The molecule has 19 heavy (non-hydrogen) atoms. The van der Waals surface area contributed by atoms with Gasteiger partial charge < -0.3 is 17.2 Å². The Morgan fingerprint density at radius 3 is 2.32 bits per heavy atom. The van der Waals surface area contributed by atoms with E-state index in [1.165, 1.54) is 0 Å². The van der Waals surface area contributed by atoms with Gasteiger partial charge in [-0.05, 0) is 17.7 Å². The van der Waals surface area contributed by atoms with Gasteiger partial charge in [-0.15, -0.1) is 0 Å². The number of rotatable bonds is 3. The second-order valence-electron chi connectivity index (χ2n) is 3.86. The van der Waals surface area contributed by atoms with E-state index in [0.29, 0.717) is 28.0 Å². The number of aromatic nitrogens is 2. The van der Waals surface area contributed by atoms with E-state index in [1.54, 1.807) is 24.3 Å². The summed E-state index contributed by atoms with van der Waals surface area (Å²) in [6.07, 6.45) is 0. The van der Waals surface area contributed by atoms with E-state index < -0.39 is 5.91 Å². The molecule has 7 heteroatoms. The van der Waals surface area contributed by atoms with Crippen LogP contribution in [0.25, 0.3) is 11.1 Å². The SMILES string of the molecule is NC(=O)c1ccc(-c2c(N)nc(N)nc2CBr)cc1. The highest BCUT2D eigenvalue weighted by Gasteiger charge is 2.13. The summed E-state index contributed by atoms with van der Waals surface area (Å²) in [5.74, 6) is -0.0491. The Morgan fingerprint density at radius 2 is 1.79 bits per heavy atom. The molecule has 0 aliphatic rings. The molecule has 0 spiro atoms. The lowest BCUT2D eigenvalue weighted by Crippen LogP contribution is -2.10. The minimum atomic E-state index is -0.478. The number of hydrogen-bond donors (Lipinski definition) is 3. The minimum absolute atomic E-state index is 0.129. The standard InChI is InChI=1S/C12H12BrN5O/c13-5-8-9(10(14)18-12(16)17-8)6-1-3-7(4-2-6)11(15)19/h1-4H,5H2,(H2,15,19)(H4,14,16,17,18). The highest BCUT2D eigenvalue weighted by Crippen LogP contribution is 2.29. The summed E-state index contributed by atoms with van der Waals surface area (Å²) in [4.78, 5) is 19.1.